The van der Waals surface area contributed by atoms with Gasteiger partial charge in [0.2, 0.25) is 5.91 Å². The molecule has 122 valence electrons. The average Bonchev–Trinajstić information content (AvgIpc) is 2.78. The van der Waals surface area contributed by atoms with E-state index in [0.717, 1.165) is 46.5 Å². The maximum atomic E-state index is 12.4. The van der Waals surface area contributed by atoms with Crippen molar-refractivity contribution in [3.63, 3.8) is 0 Å². The third kappa shape index (κ3) is 2.18. The highest BCUT2D eigenvalue weighted by Gasteiger charge is 2.24. The van der Waals surface area contributed by atoms with E-state index in [1.807, 2.05) is 47.0 Å². The van der Waals surface area contributed by atoms with Crippen molar-refractivity contribution in [1.29, 1.82) is 0 Å². The summed E-state index contributed by atoms with van der Waals surface area (Å²) in [6.07, 6.45) is 1.84. The van der Waals surface area contributed by atoms with Crippen molar-refractivity contribution in [3.8, 4) is 22.8 Å². The zero-order chi connectivity index (χ0) is 16.7. The summed E-state index contributed by atoms with van der Waals surface area (Å²) in [5, 5.41) is 1.07. The van der Waals surface area contributed by atoms with Gasteiger partial charge in [-0.3, -0.25) is 9.36 Å². The molecule has 0 atom stereocenters. The Balaban J connectivity index is 2.07. The maximum absolute atomic E-state index is 12.4. The monoisotopic (exact) mass is 321 g/mol. The Hall–Kier alpha value is -2.75. The summed E-state index contributed by atoms with van der Waals surface area (Å²) in [5.41, 5.74) is 4.10. The molecule has 0 spiro atoms. The number of aryl methyl sites for hydroxylation is 1. The van der Waals surface area contributed by atoms with E-state index >= 15 is 0 Å². The predicted molar refractivity (Wildman–Crippen MR) is 94.0 cm³/mol. The van der Waals surface area contributed by atoms with Gasteiger partial charge in [0.05, 0.1) is 24.9 Å². The molecule has 0 N–H and O–H groups in total. The van der Waals surface area contributed by atoms with Gasteiger partial charge in [-0.1, -0.05) is 6.07 Å². The number of methoxy groups -OCH3 is 1. The van der Waals surface area contributed by atoms with Gasteiger partial charge in [-0.05, 0) is 60.4 Å². The topological polar surface area (TPSA) is 40.5 Å². The van der Waals surface area contributed by atoms with Crippen molar-refractivity contribution in [2.24, 2.45) is 0 Å². The number of hydrogen-bond donors (Lipinski definition) is 0. The lowest BCUT2D eigenvalue weighted by atomic mass is 10.0. The van der Waals surface area contributed by atoms with E-state index in [1.165, 1.54) is 5.56 Å². The molecule has 4 nitrogen and oxygen atoms in total. The summed E-state index contributed by atoms with van der Waals surface area (Å²) < 4.78 is 13.0. The van der Waals surface area contributed by atoms with Crippen molar-refractivity contribution in [2.45, 2.75) is 19.8 Å². The zero-order valence-electron chi connectivity index (χ0n) is 13.8. The average molecular weight is 321 g/mol. The van der Waals surface area contributed by atoms with Crippen LogP contribution in [0.5, 0.6) is 11.5 Å². The smallest absolute Gasteiger partial charge is 0.228 e. The molecule has 4 rings (SSSR count). The van der Waals surface area contributed by atoms with Crippen LogP contribution in [-0.2, 0) is 6.42 Å². The van der Waals surface area contributed by atoms with Gasteiger partial charge >= 0.3 is 0 Å². The minimum Gasteiger partial charge on any atom is -0.497 e. The Kier molecular flexibility index (Phi) is 3.53. The van der Waals surface area contributed by atoms with Crippen LogP contribution in [0.4, 0.5) is 0 Å². The molecule has 1 aliphatic heterocycles. The molecule has 0 saturated carbocycles. The van der Waals surface area contributed by atoms with Gasteiger partial charge in [0.1, 0.15) is 11.5 Å². The van der Waals surface area contributed by atoms with Gasteiger partial charge < -0.3 is 9.47 Å². The molecule has 2 aromatic carbocycles. The Morgan fingerprint density at radius 2 is 1.96 bits per heavy atom. The molecule has 1 aliphatic rings. The van der Waals surface area contributed by atoms with Crippen molar-refractivity contribution in [1.82, 2.24) is 4.57 Å². The second-order valence-electron chi connectivity index (χ2n) is 6.01. The highest BCUT2D eigenvalue weighted by molar-refractivity contribution is 6.03. The lowest BCUT2D eigenvalue weighted by Gasteiger charge is -2.10. The Morgan fingerprint density at radius 3 is 2.67 bits per heavy atom. The second-order valence-corrected chi connectivity index (χ2v) is 6.01. The number of nitrogens with zero attached hydrogens (tertiary/aromatic N) is 1. The molecular weight excluding hydrogens is 302 g/mol. The summed E-state index contributed by atoms with van der Waals surface area (Å²) >= 11 is 0. The van der Waals surface area contributed by atoms with Gasteiger partial charge in [-0.15, -0.1) is 0 Å². The van der Waals surface area contributed by atoms with E-state index in [4.69, 9.17) is 9.47 Å². The number of rotatable bonds is 2. The normalized spacial score (nSPS) is 13.4. The first-order valence-electron chi connectivity index (χ1n) is 8.15. The third-order valence-corrected chi connectivity index (χ3v) is 4.56. The molecule has 0 unspecified atom stereocenters. The highest BCUT2D eigenvalue weighted by Crippen LogP contribution is 2.41. The van der Waals surface area contributed by atoms with Gasteiger partial charge in [0, 0.05) is 12.3 Å². The quantitative estimate of drug-likeness (QED) is 0.706. The molecule has 4 heteroatoms. The minimum atomic E-state index is 0.00907. The fourth-order valence-corrected chi connectivity index (χ4v) is 3.56. The van der Waals surface area contributed by atoms with Gasteiger partial charge in [-0.2, -0.15) is 0 Å². The van der Waals surface area contributed by atoms with Gasteiger partial charge in [0.25, 0.3) is 0 Å². The summed E-state index contributed by atoms with van der Waals surface area (Å²) in [6, 6.07) is 13.8. The number of carbonyl (C=O) groups excluding carboxylic acids is 1. The summed E-state index contributed by atoms with van der Waals surface area (Å²) in [6.45, 7) is 2.31. The van der Waals surface area contributed by atoms with Crippen LogP contribution < -0.4 is 9.47 Å². The number of benzene rings is 2. The van der Waals surface area contributed by atoms with Crippen LogP contribution >= 0.6 is 0 Å². The first-order chi connectivity index (χ1) is 11.7. The van der Waals surface area contributed by atoms with Gasteiger partial charge in [0.15, 0.2) is 0 Å². The summed E-state index contributed by atoms with van der Waals surface area (Å²) in [7, 11) is 1.65. The molecule has 0 bridgehead atoms. The van der Waals surface area contributed by atoms with Crippen LogP contribution in [0.1, 0.15) is 23.7 Å². The largest absolute Gasteiger partial charge is 0.497 e. The molecule has 0 radical (unpaired) electrons. The highest BCUT2D eigenvalue weighted by atomic mass is 16.5. The van der Waals surface area contributed by atoms with Crippen LogP contribution in [0, 0.1) is 0 Å². The molecule has 0 aliphatic carbocycles. The van der Waals surface area contributed by atoms with Crippen molar-refractivity contribution in [3.05, 3.63) is 48.0 Å². The lowest BCUT2D eigenvalue weighted by Crippen LogP contribution is -2.08. The van der Waals surface area contributed by atoms with E-state index in [9.17, 15) is 4.79 Å². The molecule has 0 fully saturated rings. The number of ether oxygens (including phenoxy) is 2. The minimum absolute atomic E-state index is 0.00907. The molecule has 0 amide bonds. The fourth-order valence-electron chi connectivity index (χ4n) is 3.56. The number of hydrogen-bond acceptors (Lipinski definition) is 3. The maximum Gasteiger partial charge on any atom is 0.228 e. The molecule has 2 heterocycles. The van der Waals surface area contributed by atoms with Crippen LogP contribution in [0.25, 0.3) is 22.2 Å². The number of carbonyl (C=O) groups is 1. The fraction of sp³-hybridized carbons (Fsp3) is 0.250. The molecular formula is C20H19NO3. The van der Waals surface area contributed by atoms with Crippen molar-refractivity contribution >= 4 is 16.8 Å². The third-order valence-electron chi connectivity index (χ3n) is 4.56. The van der Waals surface area contributed by atoms with Crippen molar-refractivity contribution in [2.75, 3.05) is 13.7 Å². The van der Waals surface area contributed by atoms with Crippen LogP contribution in [-0.4, -0.2) is 24.2 Å². The van der Waals surface area contributed by atoms with Crippen LogP contribution in [0.2, 0.25) is 0 Å². The summed E-state index contributed by atoms with van der Waals surface area (Å²) in [4.78, 5) is 12.4. The lowest BCUT2D eigenvalue weighted by molar-refractivity contribution is 0.0943. The second kappa shape index (κ2) is 5.71. The van der Waals surface area contributed by atoms with E-state index in [0.29, 0.717) is 6.61 Å². The molecule has 0 saturated heterocycles. The summed E-state index contributed by atoms with van der Waals surface area (Å²) in [5.74, 6) is 1.68. The van der Waals surface area contributed by atoms with Gasteiger partial charge in [-0.25, -0.2) is 0 Å². The SMILES string of the molecule is COc1ccc(-c2c3c4c(cccc4n2C(C)=O)OCCC3)cc1. The van der Waals surface area contributed by atoms with Crippen LogP contribution in [0.3, 0.4) is 0 Å². The van der Waals surface area contributed by atoms with Crippen LogP contribution in [0.15, 0.2) is 42.5 Å². The van der Waals surface area contributed by atoms with E-state index in [1.54, 1.807) is 14.0 Å². The standard InChI is InChI=1S/C20H19NO3/c1-13(22)21-17-6-3-7-18-19(17)16(5-4-12-24-18)20(21)14-8-10-15(23-2)11-9-14/h3,6-11H,4-5,12H2,1-2H3. The van der Waals surface area contributed by atoms with E-state index in [-0.39, 0.29) is 5.91 Å². The van der Waals surface area contributed by atoms with E-state index < -0.39 is 0 Å². The first kappa shape index (κ1) is 14.8. The Bertz CT molecular complexity index is 922. The molecule has 3 aromatic rings. The Morgan fingerprint density at radius 1 is 1.17 bits per heavy atom. The predicted octanol–water partition coefficient (Wildman–Crippen LogP) is 4.30. The number of aromatic nitrogens is 1. The van der Waals surface area contributed by atoms with E-state index in [2.05, 4.69) is 0 Å². The van der Waals surface area contributed by atoms with Crippen molar-refractivity contribution < 1.29 is 14.3 Å². The first-order valence-corrected chi connectivity index (χ1v) is 8.15. The molecule has 24 heavy (non-hydrogen) atoms. The Labute approximate surface area is 140 Å². The molecule has 1 aromatic heterocycles. The zero-order valence-corrected chi connectivity index (χ0v) is 13.8.